The van der Waals surface area contributed by atoms with E-state index in [1.165, 1.54) is 35.2 Å². The second-order valence-electron chi connectivity index (χ2n) is 6.23. The summed E-state index contributed by atoms with van der Waals surface area (Å²) in [7, 11) is -2.00. The first-order valence-corrected chi connectivity index (χ1v) is 12.3. The number of anilines is 2. The molecule has 0 saturated heterocycles. The molecular formula is C17H22N6O3S3. The standard InChI is InChI=1S/C17H22N6O3S3/c1-18-16-21-22-17(28-16)27-11-15(24)20-12-6-5-7-13(10-12)29(25,26)23-14-8-3-2-4-9-19-14/h5-7,10H,2-4,8-9,11H2,1H3,(H,18,21)(H,19,23)(H,20,24). The lowest BCUT2D eigenvalue weighted by molar-refractivity contribution is -0.113. The number of rotatable bonds is 7. The van der Waals surface area contributed by atoms with Gasteiger partial charge in [-0.15, -0.1) is 10.2 Å². The molecule has 1 aliphatic rings. The zero-order valence-electron chi connectivity index (χ0n) is 15.8. The van der Waals surface area contributed by atoms with Crippen molar-refractivity contribution >= 4 is 55.7 Å². The molecule has 2 heterocycles. The van der Waals surface area contributed by atoms with Crippen LogP contribution in [0.15, 0.2) is 38.5 Å². The second-order valence-corrected chi connectivity index (χ2v) is 10.1. The van der Waals surface area contributed by atoms with Gasteiger partial charge >= 0.3 is 0 Å². The Morgan fingerprint density at radius 3 is 2.90 bits per heavy atom. The van der Waals surface area contributed by atoms with Crippen molar-refractivity contribution in [3.63, 3.8) is 0 Å². The molecule has 3 rings (SSSR count). The molecule has 0 atom stereocenters. The van der Waals surface area contributed by atoms with Crippen LogP contribution in [0.1, 0.15) is 25.7 Å². The number of aliphatic imine (C=N–C) groups is 1. The van der Waals surface area contributed by atoms with Crippen LogP contribution in [0.25, 0.3) is 0 Å². The third-order valence-electron chi connectivity index (χ3n) is 4.00. The lowest BCUT2D eigenvalue weighted by Gasteiger charge is -2.11. The van der Waals surface area contributed by atoms with Crippen molar-refractivity contribution in [1.29, 1.82) is 0 Å². The summed E-state index contributed by atoms with van der Waals surface area (Å²) in [6, 6.07) is 6.17. The SMILES string of the molecule is CNc1nnc(SCC(=O)Nc2cccc(S(=O)(=O)NC3=NCCCCC3)c2)s1. The summed E-state index contributed by atoms with van der Waals surface area (Å²) in [6.45, 7) is 0.635. The molecule has 2 aromatic rings. The van der Waals surface area contributed by atoms with Crippen molar-refractivity contribution in [3.05, 3.63) is 24.3 Å². The highest BCUT2D eigenvalue weighted by Gasteiger charge is 2.18. The first kappa shape index (κ1) is 21.5. The minimum atomic E-state index is -3.75. The van der Waals surface area contributed by atoms with Gasteiger partial charge in [0.05, 0.1) is 10.6 Å². The zero-order chi connectivity index (χ0) is 20.7. The van der Waals surface area contributed by atoms with Crippen LogP contribution >= 0.6 is 23.1 Å². The van der Waals surface area contributed by atoms with Gasteiger partial charge in [0, 0.05) is 25.7 Å². The van der Waals surface area contributed by atoms with E-state index in [9.17, 15) is 13.2 Å². The maximum absolute atomic E-state index is 12.7. The molecule has 1 aromatic heterocycles. The van der Waals surface area contributed by atoms with Crippen molar-refractivity contribution in [2.45, 2.75) is 34.9 Å². The first-order chi connectivity index (χ1) is 14.0. The van der Waals surface area contributed by atoms with Gasteiger partial charge in [0.2, 0.25) is 11.0 Å². The molecule has 0 fully saturated rings. The van der Waals surface area contributed by atoms with Crippen molar-refractivity contribution < 1.29 is 13.2 Å². The van der Waals surface area contributed by atoms with Crippen LogP contribution in [0.3, 0.4) is 0 Å². The van der Waals surface area contributed by atoms with Crippen LogP contribution in [0.5, 0.6) is 0 Å². The van der Waals surface area contributed by atoms with Crippen molar-refractivity contribution in [2.24, 2.45) is 4.99 Å². The molecule has 12 heteroatoms. The molecule has 3 N–H and O–H groups in total. The number of amides is 1. The van der Waals surface area contributed by atoms with Crippen LogP contribution in [0.4, 0.5) is 10.8 Å². The Morgan fingerprint density at radius 2 is 2.10 bits per heavy atom. The third-order valence-corrected chi connectivity index (χ3v) is 7.45. The van der Waals surface area contributed by atoms with Gasteiger partial charge in [0.25, 0.3) is 10.0 Å². The number of thioether (sulfide) groups is 1. The smallest absolute Gasteiger partial charge is 0.262 e. The Bertz CT molecular complexity index is 990. The van der Waals surface area contributed by atoms with Crippen LogP contribution in [0, 0.1) is 0 Å². The molecule has 0 aliphatic carbocycles. The number of carbonyl (C=O) groups is 1. The minimum absolute atomic E-state index is 0.0812. The first-order valence-electron chi connectivity index (χ1n) is 9.06. The van der Waals surface area contributed by atoms with E-state index in [0.29, 0.717) is 34.0 Å². The Balaban J connectivity index is 1.60. The van der Waals surface area contributed by atoms with Gasteiger partial charge in [0.1, 0.15) is 5.84 Å². The second kappa shape index (κ2) is 10.0. The minimum Gasteiger partial charge on any atom is -0.363 e. The van der Waals surface area contributed by atoms with E-state index in [1.54, 1.807) is 19.2 Å². The van der Waals surface area contributed by atoms with E-state index < -0.39 is 10.0 Å². The van der Waals surface area contributed by atoms with Crippen molar-refractivity contribution in [3.8, 4) is 0 Å². The Hall–Kier alpha value is -2.18. The highest BCUT2D eigenvalue weighted by Crippen LogP contribution is 2.25. The average molecular weight is 455 g/mol. The van der Waals surface area contributed by atoms with Gasteiger partial charge < -0.3 is 10.6 Å². The number of hydrogen-bond donors (Lipinski definition) is 3. The summed E-state index contributed by atoms with van der Waals surface area (Å²) >= 11 is 2.62. The van der Waals surface area contributed by atoms with Gasteiger partial charge in [-0.3, -0.25) is 14.5 Å². The van der Waals surface area contributed by atoms with Gasteiger partial charge in [0.15, 0.2) is 4.34 Å². The third kappa shape index (κ3) is 6.41. The van der Waals surface area contributed by atoms with Crippen LogP contribution in [-0.2, 0) is 14.8 Å². The summed E-state index contributed by atoms with van der Waals surface area (Å²) in [5.74, 6) is 0.378. The Morgan fingerprint density at radius 1 is 1.24 bits per heavy atom. The highest BCUT2D eigenvalue weighted by molar-refractivity contribution is 8.01. The summed E-state index contributed by atoms with van der Waals surface area (Å²) in [6.07, 6.45) is 3.55. The van der Waals surface area contributed by atoms with Gasteiger partial charge in [-0.25, -0.2) is 8.42 Å². The molecule has 0 spiro atoms. The van der Waals surface area contributed by atoms with Gasteiger partial charge in [-0.05, 0) is 31.0 Å². The molecule has 1 amide bonds. The fourth-order valence-electron chi connectivity index (χ4n) is 2.61. The molecule has 1 aromatic carbocycles. The highest BCUT2D eigenvalue weighted by atomic mass is 32.2. The number of carbonyl (C=O) groups excluding carboxylic acids is 1. The largest absolute Gasteiger partial charge is 0.363 e. The van der Waals surface area contributed by atoms with Crippen molar-refractivity contribution in [1.82, 2.24) is 14.9 Å². The predicted molar refractivity (Wildman–Crippen MR) is 116 cm³/mol. The van der Waals surface area contributed by atoms with Crippen LogP contribution in [0.2, 0.25) is 0 Å². The molecule has 0 radical (unpaired) electrons. The van der Waals surface area contributed by atoms with E-state index in [0.717, 1.165) is 19.3 Å². The number of hydrogen-bond acceptors (Lipinski definition) is 9. The van der Waals surface area contributed by atoms with Crippen molar-refractivity contribution in [2.75, 3.05) is 30.0 Å². The van der Waals surface area contributed by atoms with Crippen LogP contribution < -0.4 is 15.4 Å². The average Bonchev–Trinajstić information content (AvgIpc) is 3.02. The maximum Gasteiger partial charge on any atom is 0.262 e. The summed E-state index contributed by atoms with van der Waals surface area (Å²) in [5.41, 5.74) is 0.412. The zero-order valence-corrected chi connectivity index (χ0v) is 18.3. The number of amidine groups is 1. The Labute approximate surface area is 177 Å². The normalized spacial score (nSPS) is 14.6. The predicted octanol–water partition coefficient (Wildman–Crippen LogP) is 2.56. The molecule has 156 valence electrons. The summed E-state index contributed by atoms with van der Waals surface area (Å²) < 4.78 is 28.6. The number of aromatic nitrogens is 2. The molecule has 0 unspecified atom stereocenters. The topological polar surface area (TPSA) is 125 Å². The maximum atomic E-state index is 12.7. The number of benzene rings is 1. The van der Waals surface area contributed by atoms with Gasteiger partial charge in [-0.2, -0.15) is 0 Å². The molecule has 29 heavy (non-hydrogen) atoms. The fraction of sp³-hybridized carbons (Fsp3) is 0.412. The van der Waals surface area contributed by atoms with E-state index in [2.05, 4.69) is 30.5 Å². The van der Waals surface area contributed by atoms with E-state index in [4.69, 9.17) is 0 Å². The fourth-order valence-corrected chi connectivity index (χ4v) is 5.25. The van der Waals surface area contributed by atoms with E-state index in [1.807, 2.05) is 0 Å². The molecular weight excluding hydrogens is 432 g/mol. The monoisotopic (exact) mass is 454 g/mol. The number of nitrogens with one attached hydrogen (secondary N) is 3. The molecule has 1 aliphatic heterocycles. The lowest BCUT2D eigenvalue weighted by Crippen LogP contribution is -2.30. The number of nitrogens with zero attached hydrogens (tertiary/aromatic N) is 3. The Kier molecular flexibility index (Phi) is 7.45. The summed E-state index contributed by atoms with van der Waals surface area (Å²) in [5, 5.41) is 14.2. The summed E-state index contributed by atoms with van der Waals surface area (Å²) in [4.78, 5) is 16.6. The van der Waals surface area contributed by atoms with Gasteiger partial charge in [-0.1, -0.05) is 35.6 Å². The molecule has 0 saturated carbocycles. The van der Waals surface area contributed by atoms with Crippen LogP contribution in [-0.4, -0.2) is 49.7 Å². The van der Waals surface area contributed by atoms with E-state index >= 15 is 0 Å². The van der Waals surface area contributed by atoms with E-state index in [-0.39, 0.29) is 16.6 Å². The molecule has 0 bridgehead atoms. The number of sulfonamides is 1. The molecule has 9 nitrogen and oxygen atoms in total. The lowest BCUT2D eigenvalue weighted by atomic mass is 10.2. The quantitative estimate of drug-likeness (QED) is 0.549.